The lowest BCUT2D eigenvalue weighted by Crippen LogP contribution is -2.34. The van der Waals surface area contributed by atoms with Crippen molar-refractivity contribution in [2.75, 3.05) is 19.0 Å². The molecule has 0 saturated heterocycles. The summed E-state index contributed by atoms with van der Waals surface area (Å²) in [7, 11) is 3.89. The van der Waals surface area contributed by atoms with E-state index in [1.807, 2.05) is 38.1 Å². The summed E-state index contributed by atoms with van der Waals surface area (Å²) in [6, 6.07) is 7.26. The van der Waals surface area contributed by atoms with Gasteiger partial charge in [-0.15, -0.1) is 0 Å². The van der Waals surface area contributed by atoms with Crippen molar-refractivity contribution in [3.8, 4) is 0 Å². The van der Waals surface area contributed by atoms with Gasteiger partial charge in [0.1, 0.15) is 6.23 Å². The highest BCUT2D eigenvalue weighted by atomic mass is 16.3. The Morgan fingerprint density at radius 3 is 2.41 bits per heavy atom. The molecule has 0 fully saturated rings. The van der Waals surface area contributed by atoms with Crippen LogP contribution in [0, 0.1) is 0 Å². The van der Waals surface area contributed by atoms with E-state index in [0.29, 0.717) is 12.0 Å². The van der Waals surface area contributed by atoms with E-state index < -0.39 is 6.23 Å². The van der Waals surface area contributed by atoms with E-state index in [2.05, 4.69) is 5.32 Å². The zero-order valence-corrected chi connectivity index (χ0v) is 10.6. The Labute approximate surface area is 102 Å². The van der Waals surface area contributed by atoms with Gasteiger partial charge in [-0.25, -0.2) is 0 Å². The average Bonchev–Trinajstić information content (AvgIpc) is 2.29. The van der Waals surface area contributed by atoms with Gasteiger partial charge in [0, 0.05) is 25.3 Å². The van der Waals surface area contributed by atoms with Crippen LogP contribution in [0.1, 0.15) is 30.1 Å². The first kappa shape index (κ1) is 13.5. The van der Waals surface area contributed by atoms with Crippen molar-refractivity contribution in [3.05, 3.63) is 29.8 Å². The van der Waals surface area contributed by atoms with Crippen molar-refractivity contribution in [2.24, 2.45) is 0 Å². The fourth-order valence-electron chi connectivity index (χ4n) is 1.49. The van der Waals surface area contributed by atoms with E-state index in [4.69, 9.17) is 0 Å². The van der Waals surface area contributed by atoms with Crippen LogP contribution in [0.25, 0.3) is 0 Å². The summed E-state index contributed by atoms with van der Waals surface area (Å²) in [4.78, 5) is 13.7. The van der Waals surface area contributed by atoms with E-state index in [-0.39, 0.29) is 5.91 Å². The smallest absolute Gasteiger partial charge is 0.253 e. The number of carbonyl (C=O) groups excluding carboxylic acids is 1. The number of amides is 1. The lowest BCUT2D eigenvalue weighted by atomic mass is 10.2. The van der Waals surface area contributed by atoms with E-state index in [1.165, 1.54) is 0 Å². The molecule has 0 bridgehead atoms. The number of aliphatic hydroxyl groups is 1. The third kappa shape index (κ3) is 4.07. The minimum Gasteiger partial charge on any atom is -0.378 e. The molecule has 1 atom stereocenters. The third-order valence-corrected chi connectivity index (χ3v) is 2.51. The molecule has 0 saturated carbocycles. The molecule has 0 aliphatic carbocycles. The van der Waals surface area contributed by atoms with Crippen LogP contribution < -0.4 is 10.2 Å². The normalized spacial score (nSPS) is 12.0. The fourth-order valence-corrected chi connectivity index (χ4v) is 1.49. The van der Waals surface area contributed by atoms with Crippen LogP contribution in [-0.2, 0) is 0 Å². The Morgan fingerprint density at radius 2 is 1.94 bits per heavy atom. The van der Waals surface area contributed by atoms with Crippen molar-refractivity contribution in [2.45, 2.75) is 26.0 Å². The second-order valence-corrected chi connectivity index (χ2v) is 4.22. The molecule has 0 aromatic heterocycles. The molecule has 94 valence electrons. The number of anilines is 1. The van der Waals surface area contributed by atoms with Crippen molar-refractivity contribution in [1.82, 2.24) is 5.32 Å². The lowest BCUT2D eigenvalue weighted by molar-refractivity contribution is 0.0763. The van der Waals surface area contributed by atoms with Gasteiger partial charge in [0.2, 0.25) is 0 Å². The van der Waals surface area contributed by atoms with Gasteiger partial charge in [0.15, 0.2) is 0 Å². The van der Waals surface area contributed by atoms with Gasteiger partial charge in [-0.1, -0.05) is 13.3 Å². The molecule has 0 aliphatic heterocycles. The lowest BCUT2D eigenvalue weighted by Gasteiger charge is -2.14. The quantitative estimate of drug-likeness (QED) is 0.764. The van der Waals surface area contributed by atoms with Gasteiger partial charge in [-0.3, -0.25) is 4.79 Å². The summed E-state index contributed by atoms with van der Waals surface area (Å²) in [6.07, 6.45) is 0.642. The first-order chi connectivity index (χ1) is 8.04. The highest BCUT2D eigenvalue weighted by molar-refractivity contribution is 5.94. The van der Waals surface area contributed by atoms with Crippen molar-refractivity contribution < 1.29 is 9.90 Å². The zero-order valence-electron chi connectivity index (χ0n) is 10.6. The Balaban J connectivity index is 2.63. The molecule has 4 nitrogen and oxygen atoms in total. The molecule has 1 aromatic rings. The Hall–Kier alpha value is -1.55. The predicted molar refractivity (Wildman–Crippen MR) is 69.2 cm³/mol. The molecular formula is C13H20N2O2. The second-order valence-electron chi connectivity index (χ2n) is 4.22. The molecule has 0 aliphatic rings. The van der Waals surface area contributed by atoms with Crippen molar-refractivity contribution in [3.63, 3.8) is 0 Å². The molecule has 0 heterocycles. The molecule has 1 aromatic carbocycles. The maximum Gasteiger partial charge on any atom is 0.253 e. The van der Waals surface area contributed by atoms with E-state index in [1.54, 1.807) is 12.1 Å². The summed E-state index contributed by atoms with van der Waals surface area (Å²) in [6.45, 7) is 1.96. The van der Waals surface area contributed by atoms with Gasteiger partial charge in [-0.2, -0.15) is 0 Å². The minimum absolute atomic E-state index is 0.240. The Bertz CT molecular complexity index is 360. The molecule has 1 unspecified atom stereocenters. The highest BCUT2D eigenvalue weighted by Gasteiger charge is 2.10. The summed E-state index contributed by atoms with van der Waals surface area (Å²) >= 11 is 0. The SMILES string of the molecule is CCCC(O)NC(=O)c1ccc(N(C)C)cc1. The molecule has 1 amide bonds. The summed E-state index contributed by atoms with van der Waals surface area (Å²) in [5.41, 5.74) is 1.60. The predicted octanol–water partition coefficient (Wildman–Crippen LogP) is 1.60. The van der Waals surface area contributed by atoms with E-state index >= 15 is 0 Å². The summed E-state index contributed by atoms with van der Waals surface area (Å²) in [5, 5.41) is 12.0. The summed E-state index contributed by atoms with van der Waals surface area (Å²) in [5.74, 6) is -0.240. The topological polar surface area (TPSA) is 52.6 Å². The summed E-state index contributed by atoms with van der Waals surface area (Å²) < 4.78 is 0. The third-order valence-electron chi connectivity index (χ3n) is 2.51. The van der Waals surface area contributed by atoms with Crippen molar-refractivity contribution >= 4 is 11.6 Å². The number of benzene rings is 1. The number of aliphatic hydroxyl groups excluding tert-OH is 1. The van der Waals surface area contributed by atoms with Crippen LogP contribution in [0.5, 0.6) is 0 Å². The molecule has 0 spiro atoms. The van der Waals surface area contributed by atoms with E-state index in [9.17, 15) is 9.90 Å². The largest absolute Gasteiger partial charge is 0.378 e. The Morgan fingerprint density at radius 1 is 1.35 bits per heavy atom. The monoisotopic (exact) mass is 236 g/mol. The number of carbonyl (C=O) groups is 1. The molecular weight excluding hydrogens is 216 g/mol. The van der Waals surface area contributed by atoms with Crippen LogP contribution in [0.4, 0.5) is 5.69 Å². The van der Waals surface area contributed by atoms with Gasteiger partial charge in [-0.05, 0) is 30.7 Å². The number of nitrogens with one attached hydrogen (secondary N) is 1. The van der Waals surface area contributed by atoms with Gasteiger partial charge >= 0.3 is 0 Å². The van der Waals surface area contributed by atoms with Crippen molar-refractivity contribution in [1.29, 1.82) is 0 Å². The minimum atomic E-state index is -0.763. The highest BCUT2D eigenvalue weighted by Crippen LogP contribution is 2.12. The molecule has 17 heavy (non-hydrogen) atoms. The average molecular weight is 236 g/mol. The van der Waals surface area contributed by atoms with Crippen LogP contribution in [0.2, 0.25) is 0 Å². The fraction of sp³-hybridized carbons (Fsp3) is 0.462. The van der Waals surface area contributed by atoms with Crippen LogP contribution >= 0.6 is 0 Å². The van der Waals surface area contributed by atoms with Crippen LogP contribution in [-0.4, -0.2) is 31.3 Å². The van der Waals surface area contributed by atoms with Crippen LogP contribution in [0.15, 0.2) is 24.3 Å². The Kier molecular flexibility index (Phi) is 4.97. The number of hydrogen-bond acceptors (Lipinski definition) is 3. The molecule has 0 radical (unpaired) electrons. The first-order valence-corrected chi connectivity index (χ1v) is 5.81. The van der Waals surface area contributed by atoms with E-state index in [0.717, 1.165) is 12.1 Å². The van der Waals surface area contributed by atoms with Gasteiger partial charge in [0.05, 0.1) is 0 Å². The van der Waals surface area contributed by atoms with Gasteiger partial charge in [0.25, 0.3) is 5.91 Å². The number of nitrogens with zero attached hydrogens (tertiary/aromatic N) is 1. The maximum atomic E-state index is 11.7. The standard InChI is InChI=1S/C13H20N2O2/c1-4-5-12(16)14-13(17)10-6-8-11(9-7-10)15(2)3/h6-9,12,16H,4-5H2,1-3H3,(H,14,17). The van der Waals surface area contributed by atoms with Gasteiger partial charge < -0.3 is 15.3 Å². The zero-order chi connectivity index (χ0) is 12.8. The first-order valence-electron chi connectivity index (χ1n) is 5.81. The molecule has 4 heteroatoms. The molecule has 1 rings (SSSR count). The number of rotatable bonds is 5. The molecule has 2 N–H and O–H groups in total. The maximum absolute atomic E-state index is 11.7. The van der Waals surface area contributed by atoms with Crippen LogP contribution in [0.3, 0.4) is 0 Å². The number of hydrogen-bond donors (Lipinski definition) is 2. The second kappa shape index (κ2) is 6.25.